The highest BCUT2D eigenvalue weighted by Crippen LogP contribution is 2.24. The summed E-state index contributed by atoms with van der Waals surface area (Å²) < 4.78 is 39.7. The number of hydrogen-bond donors (Lipinski definition) is 1. The Balaban J connectivity index is 2.25. The van der Waals surface area contributed by atoms with Crippen LogP contribution in [0, 0.1) is 17.5 Å². The highest BCUT2D eigenvalue weighted by molar-refractivity contribution is 6.30. The molecule has 1 N–H and O–H groups in total. The van der Waals surface area contributed by atoms with Gasteiger partial charge in [0.25, 0.3) is 0 Å². The molecule has 0 aliphatic rings. The normalized spacial score (nSPS) is 12.5. The van der Waals surface area contributed by atoms with Crippen molar-refractivity contribution in [2.75, 3.05) is 0 Å². The molecule has 0 aliphatic heterocycles. The lowest BCUT2D eigenvalue weighted by molar-refractivity contribution is 0.176. The summed E-state index contributed by atoms with van der Waals surface area (Å²) in [5.41, 5.74) is 0.238. The lowest BCUT2D eigenvalue weighted by atomic mass is 10.0. The van der Waals surface area contributed by atoms with E-state index in [-0.39, 0.29) is 22.6 Å². The minimum atomic E-state index is -1.21. The van der Waals surface area contributed by atoms with Crippen LogP contribution < -0.4 is 0 Å². The van der Waals surface area contributed by atoms with Crippen molar-refractivity contribution in [1.29, 1.82) is 0 Å². The van der Waals surface area contributed by atoms with Crippen molar-refractivity contribution in [1.82, 2.24) is 0 Å². The summed E-state index contributed by atoms with van der Waals surface area (Å²) in [5.74, 6) is -2.22. The summed E-state index contributed by atoms with van der Waals surface area (Å²) >= 11 is 5.62. The molecule has 0 fully saturated rings. The number of halogens is 4. The summed E-state index contributed by atoms with van der Waals surface area (Å²) in [7, 11) is 0. The molecule has 0 saturated heterocycles. The first kappa shape index (κ1) is 13.9. The molecule has 2 rings (SSSR count). The predicted molar refractivity (Wildman–Crippen MR) is 66.4 cm³/mol. The van der Waals surface area contributed by atoms with E-state index in [2.05, 4.69) is 0 Å². The van der Waals surface area contributed by atoms with E-state index in [0.29, 0.717) is 6.07 Å². The van der Waals surface area contributed by atoms with Gasteiger partial charge in [-0.1, -0.05) is 23.7 Å². The first-order chi connectivity index (χ1) is 8.97. The second-order valence-electron chi connectivity index (χ2n) is 4.14. The minimum absolute atomic E-state index is 0.0527. The smallest absolute Gasteiger partial charge is 0.145 e. The summed E-state index contributed by atoms with van der Waals surface area (Å²) in [6.07, 6.45) is -1.33. The molecule has 1 atom stereocenters. The molecule has 2 aromatic rings. The van der Waals surface area contributed by atoms with Gasteiger partial charge in [-0.25, -0.2) is 13.2 Å². The first-order valence-corrected chi connectivity index (χ1v) is 5.92. The average Bonchev–Trinajstić information content (AvgIpc) is 2.33. The zero-order valence-corrected chi connectivity index (χ0v) is 10.5. The van der Waals surface area contributed by atoms with E-state index in [1.54, 1.807) is 6.07 Å². The van der Waals surface area contributed by atoms with Crippen LogP contribution in [0.25, 0.3) is 0 Å². The van der Waals surface area contributed by atoms with Gasteiger partial charge in [0, 0.05) is 12.5 Å². The van der Waals surface area contributed by atoms with Crippen LogP contribution in [-0.4, -0.2) is 5.11 Å². The number of hydrogen-bond acceptors (Lipinski definition) is 1. The molecule has 0 saturated carbocycles. The quantitative estimate of drug-likeness (QED) is 0.903. The number of benzene rings is 2. The van der Waals surface area contributed by atoms with Gasteiger partial charge in [-0.3, -0.25) is 0 Å². The second-order valence-corrected chi connectivity index (χ2v) is 4.54. The van der Waals surface area contributed by atoms with E-state index < -0.39 is 23.6 Å². The molecule has 100 valence electrons. The van der Waals surface area contributed by atoms with E-state index in [1.807, 2.05) is 0 Å². The van der Waals surface area contributed by atoms with Crippen molar-refractivity contribution in [3.63, 3.8) is 0 Å². The zero-order valence-electron chi connectivity index (χ0n) is 9.71. The average molecular weight is 287 g/mol. The fourth-order valence-electron chi connectivity index (χ4n) is 1.80. The molecule has 0 aliphatic carbocycles. The highest BCUT2D eigenvalue weighted by atomic mass is 35.5. The molecular formula is C14H10ClF3O. The van der Waals surface area contributed by atoms with Gasteiger partial charge in [-0.2, -0.15) is 0 Å². The Morgan fingerprint density at radius 1 is 1.05 bits per heavy atom. The predicted octanol–water partition coefficient (Wildman–Crippen LogP) is 4.03. The number of aliphatic hydroxyl groups excluding tert-OH is 1. The molecule has 0 bridgehead atoms. The zero-order chi connectivity index (χ0) is 14.0. The van der Waals surface area contributed by atoms with E-state index in [0.717, 1.165) is 12.1 Å². The van der Waals surface area contributed by atoms with Gasteiger partial charge in [-0.05, 0) is 29.3 Å². The Bertz CT molecular complexity index is 581. The molecule has 5 heteroatoms. The molecule has 0 heterocycles. The number of aliphatic hydroxyl groups is 1. The van der Waals surface area contributed by atoms with E-state index in [4.69, 9.17) is 11.6 Å². The van der Waals surface area contributed by atoms with Crippen LogP contribution in [0.4, 0.5) is 13.2 Å². The van der Waals surface area contributed by atoms with Gasteiger partial charge >= 0.3 is 0 Å². The van der Waals surface area contributed by atoms with Crippen LogP contribution in [-0.2, 0) is 6.42 Å². The molecular weight excluding hydrogens is 277 g/mol. The van der Waals surface area contributed by atoms with Crippen LogP contribution in [0.5, 0.6) is 0 Å². The fourth-order valence-corrected chi connectivity index (χ4v) is 1.99. The van der Waals surface area contributed by atoms with Crippen LogP contribution in [0.2, 0.25) is 5.02 Å². The maximum absolute atomic E-state index is 13.6. The standard InChI is InChI=1S/C14H10ClF3O/c15-12-3-1-2-8(14(12)18)6-13(19)9-4-10(16)7-11(17)5-9/h1-5,7,13,19H,6H2. The van der Waals surface area contributed by atoms with Gasteiger partial charge in [-0.15, -0.1) is 0 Å². The Labute approximate surface area is 113 Å². The van der Waals surface area contributed by atoms with E-state index >= 15 is 0 Å². The van der Waals surface area contributed by atoms with E-state index in [9.17, 15) is 18.3 Å². The van der Waals surface area contributed by atoms with Crippen molar-refractivity contribution >= 4 is 11.6 Å². The fraction of sp³-hybridized carbons (Fsp3) is 0.143. The highest BCUT2D eigenvalue weighted by Gasteiger charge is 2.15. The van der Waals surface area contributed by atoms with Gasteiger partial charge in [0.1, 0.15) is 17.5 Å². The third kappa shape index (κ3) is 3.28. The van der Waals surface area contributed by atoms with Crippen molar-refractivity contribution in [2.24, 2.45) is 0 Å². The van der Waals surface area contributed by atoms with Crippen molar-refractivity contribution < 1.29 is 18.3 Å². The third-order valence-electron chi connectivity index (χ3n) is 2.71. The molecule has 0 radical (unpaired) electrons. The summed E-state index contributed by atoms with van der Waals surface area (Å²) in [5, 5.41) is 9.84. The Hall–Kier alpha value is -1.52. The monoisotopic (exact) mass is 286 g/mol. The Morgan fingerprint density at radius 2 is 1.68 bits per heavy atom. The van der Waals surface area contributed by atoms with Crippen LogP contribution in [0.15, 0.2) is 36.4 Å². The first-order valence-electron chi connectivity index (χ1n) is 5.54. The Kier molecular flexibility index (Phi) is 4.12. The molecule has 0 spiro atoms. The Morgan fingerprint density at radius 3 is 2.32 bits per heavy atom. The second kappa shape index (κ2) is 5.63. The lowest BCUT2D eigenvalue weighted by Crippen LogP contribution is -2.05. The molecule has 0 amide bonds. The lowest BCUT2D eigenvalue weighted by Gasteiger charge is -2.12. The van der Waals surface area contributed by atoms with Crippen molar-refractivity contribution in [2.45, 2.75) is 12.5 Å². The SMILES string of the molecule is OC(Cc1cccc(Cl)c1F)c1cc(F)cc(F)c1. The summed E-state index contributed by atoms with van der Waals surface area (Å²) in [6, 6.07) is 7.11. The van der Waals surface area contributed by atoms with Gasteiger partial charge in [0.05, 0.1) is 11.1 Å². The van der Waals surface area contributed by atoms with Gasteiger partial charge in [0.15, 0.2) is 0 Å². The van der Waals surface area contributed by atoms with E-state index in [1.165, 1.54) is 12.1 Å². The summed E-state index contributed by atoms with van der Waals surface area (Å²) in [4.78, 5) is 0. The topological polar surface area (TPSA) is 20.2 Å². The minimum Gasteiger partial charge on any atom is -0.388 e. The molecule has 1 nitrogen and oxygen atoms in total. The van der Waals surface area contributed by atoms with Crippen molar-refractivity contribution in [3.8, 4) is 0 Å². The van der Waals surface area contributed by atoms with Crippen molar-refractivity contribution in [3.05, 3.63) is 70.0 Å². The maximum atomic E-state index is 13.6. The van der Waals surface area contributed by atoms with Gasteiger partial charge in [0.2, 0.25) is 0 Å². The molecule has 0 aromatic heterocycles. The van der Waals surface area contributed by atoms with Crippen LogP contribution in [0.1, 0.15) is 17.2 Å². The summed E-state index contributed by atoms with van der Waals surface area (Å²) in [6.45, 7) is 0. The third-order valence-corrected chi connectivity index (χ3v) is 3.01. The molecule has 2 aromatic carbocycles. The largest absolute Gasteiger partial charge is 0.388 e. The molecule has 1 unspecified atom stereocenters. The molecule has 19 heavy (non-hydrogen) atoms. The van der Waals surface area contributed by atoms with Crippen LogP contribution >= 0.6 is 11.6 Å². The van der Waals surface area contributed by atoms with Gasteiger partial charge < -0.3 is 5.11 Å². The number of rotatable bonds is 3. The maximum Gasteiger partial charge on any atom is 0.145 e. The van der Waals surface area contributed by atoms with Crippen LogP contribution in [0.3, 0.4) is 0 Å².